The van der Waals surface area contributed by atoms with Gasteiger partial charge in [-0.05, 0) is 19.3 Å². The van der Waals surface area contributed by atoms with Crippen molar-refractivity contribution in [1.29, 1.82) is 0 Å². The van der Waals surface area contributed by atoms with E-state index in [1.165, 1.54) is 0 Å². The highest BCUT2D eigenvalue weighted by atomic mass is 16.5. The Kier molecular flexibility index (Phi) is 4.31. The molecule has 5 heteroatoms. The van der Waals surface area contributed by atoms with Gasteiger partial charge in [0.2, 0.25) is 5.91 Å². The number of methoxy groups -OCH3 is 1. The monoisotopic (exact) mass is 201 g/mol. The molecule has 1 fully saturated rings. The largest absolute Gasteiger partial charge is 0.381 e. The lowest BCUT2D eigenvalue weighted by molar-refractivity contribution is -0.119. The van der Waals surface area contributed by atoms with Gasteiger partial charge in [-0.15, -0.1) is 0 Å². The molecule has 1 aliphatic carbocycles. The zero-order valence-electron chi connectivity index (χ0n) is 8.53. The summed E-state index contributed by atoms with van der Waals surface area (Å²) in [5, 5.41) is 3.22. The van der Waals surface area contributed by atoms with E-state index in [1.807, 2.05) is 0 Å². The number of carbonyl (C=O) groups excluding carboxylic acids is 1. The minimum Gasteiger partial charge on any atom is -0.381 e. The minimum absolute atomic E-state index is 0.345. The van der Waals surface area contributed by atoms with E-state index in [0.717, 1.165) is 19.3 Å². The highest BCUT2D eigenvalue weighted by Gasteiger charge is 2.24. The van der Waals surface area contributed by atoms with E-state index < -0.39 is 11.9 Å². The lowest BCUT2D eigenvalue weighted by Gasteiger charge is -2.15. The Morgan fingerprint density at radius 1 is 1.64 bits per heavy atom. The van der Waals surface area contributed by atoms with E-state index in [1.54, 1.807) is 7.11 Å². The van der Waals surface area contributed by atoms with Crippen LogP contribution in [0.3, 0.4) is 0 Å². The summed E-state index contributed by atoms with van der Waals surface area (Å²) in [6, 6.07) is -0.179. The summed E-state index contributed by atoms with van der Waals surface area (Å²) < 4.78 is 5.23. The van der Waals surface area contributed by atoms with Gasteiger partial charge in [0.1, 0.15) is 0 Å². The Bertz CT molecular complexity index is 198. The molecule has 1 aliphatic rings. The summed E-state index contributed by atoms with van der Waals surface area (Å²) in [7, 11) is 1.72. The number of ether oxygens (including phenoxy) is 1. The van der Waals surface area contributed by atoms with Gasteiger partial charge < -0.3 is 21.5 Å². The molecule has 1 rings (SSSR count). The first kappa shape index (κ1) is 11.4. The number of hydrogen-bond acceptors (Lipinski definition) is 4. The molecule has 5 N–H and O–H groups in total. The molecule has 3 unspecified atom stereocenters. The minimum atomic E-state index is -0.586. The van der Waals surface area contributed by atoms with E-state index in [-0.39, 0.29) is 0 Å². The Labute approximate surface area is 84.2 Å². The molecule has 0 saturated heterocycles. The molecule has 0 aliphatic heterocycles. The highest BCUT2D eigenvalue weighted by Crippen LogP contribution is 2.20. The van der Waals surface area contributed by atoms with Crippen LogP contribution < -0.4 is 16.8 Å². The molecule has 0 spiro atoms. The van der Waals surface area contributed by atoms with Crippen LogP contribution in [0.25, 0.3) is 0 Å². The molecule has 0 aromatic heterocycles. The maximum atomic E-state index is 10.7. The van der Waals surface area contributed by atoms with Crippen molar-refractivity contribution < 1.29 is 9.53 Å². The summed E-state index contributed by atoms with van der Waals surface area (Å²) in [4.78, 5) is 10.7. The van der Waals surface area contributed by atoms with Crippen LogP contribution in [0.1, 0.15) is 19.3 Å². The average Bonchev–Trinajstić information content (AvgIpc) is 2.61. The van der Waals surface area contributed by atoms with Crippen molar-refractivity contribution in [2.45, 2.75) is 37.5 Å². The molecule has 3 atom stereocenters. The molecule has 0 aromatic carbocycles. The number of amides is 1. The maximum Gasteiger partial charge on any atom is 0.235 e. The van der Waals surface area contributed by atoms with Gasteiger partial charge in [-0.3, -0.25) is 4.79 Å². The number of hydrogen-bond donors (Lipinski definition) is 3. The second-order valence-electron chi connectivity index (χ2n) is 3.78. The molecule has 5 nitrogen and oxygen atoms in total. The first-order valence-electron chi connectivity index (χ1n) is 4.94. The molecule has 82 valence electrons. The first-order valence-corrected chi connectivity index (χ1v) is 4.94. The number of rotatable bonds is 5. The van der Waals surface area contributed by atoms with E-state index in [2.05, 4.69) is 5.32 Å². The van der Waals surface area contributed by atoms with Gasteiger partial charge in [0.05, 0.1) is 12.1 Å². The first-order chi connectivity index (χ1) is 6.63. The lowest BCUT2D eigenvalue weighted by atomic mass is 10.2. The normalized spacial score (nSPS) is 29.0. The molecule has 0 aromatic rings. The van der Waals surface area contributed by atoms with E-state index >= 15 is 0 Å². The standard InChI is InChI=1S/C9H19N3O2/c1-14-7-3-2-6(4-7)12-5-8(10)9(11)13/h6-8,12H,2-5,10H2,1H3,(H2,11,13). The smallest absolute Gasteiger partial charge is 0.235 e. The zero-order chi connectivity index (χ0) is 10.6. The van der Waals surface area contributed by atoms with Crippen molar-refractivity contribution >= 4 is 5.91 Å². The van der Waals surface area contributed by atoms with Crippen LogP contribution in [-0.2, 0) is 9.53 Å². The third kappa shape index (κ3) is 3.25. The topological polar surface area (TPSA) is 90.4 Å². The summed E-state index contributed by atoms with van der Waals surface area (Å²) in [6.45, 7) is 0.455. The van der Waals surface area contributed by atoms with Crippen molar-refractivity contribution in [2.75, 3.05) is 13.7 Å². The predicted octanol–water partition coefficient (Wildman–Crippen LogP) is -1.04. The molecule has 14 heavy (non-hydrogen) atoms. The van der Waals surface area contributed by atoms with Crippen molar-refractivity contribution in [2.24, 2.45) is 11.5 Å². The summed E-state index contributed by atoms with van der Waals surface area (Å²) >= 11 is 0. The van der Waals surface area contributed by atoms with Gasteiger partial charge in [-0.1, -0.05) is 0 Å². The average molecular weight is 201 g/mol. The van der Waals surface area contributed by atoms with Crippen LogP contribution in [0, 0.1) is 0 Å². The second-order valence-corrected chi connectivity index (χ2v) is 3.78. The Hall–Kier alpha value is -0.650. The van der Waals surface area contributed by atoms with Crippen molar-refractivity contribution in [3.8, 4) is 0 Å². The van der Waals surface area contributed by atoms with Crippen molar-refractivity contribution in [1.82, 2.24) is 5.32 Å². The fraction of sp³-hybridized carbons (Fsp3) is 0.889. The fourth-order valence-electron chi connectivity index (χ4n) is 1.73. The second kappa shape index (κ2) is 5.29. The quantitative estimate of drug-likeness (QED) is 0.529. The number of nitrogens with one attached hydrogen (secondary N) is 1. The summed E-state index contributed by atoms with van der Waals surface area (Å²) in [6.07, 6.45) is 3.48. The van der Waals surface area contributed by atoms with Crippen LogP contribution in [0.4, 0.5) is 0 Å². The van der Waals surface area contributed by atoms with Crippen LogP contribution in [0.15, 0.2) is 0 Å². The van der Waals surface area contributed by atoms with Gasteiger partial charge in [0.15, 0.2) is 0 Å². The lowest BCUT2D eigenvalue weighted by Crippen LogP contribution is -2.46. The van der Waals surface area contributed by atoms with Crippen LogP contribution in [0.2, 0.25) is 0 Å². The van der Waals surface area contributed by atoms with Crippen LogP contribution in [0.5, 0.6) is 0 Å². The molecular formula is C9H19N3O2. The summed E-state index contributed by atoms with van der Waals surface area (Å²) in [5.74, 6) is -0.459. The molecule has 1 amide bonds. The van der Waals surface area contributed by atoms with Gasteiger partial charge in [0.25, 0.3) is 0 Å². The third-order valence-electron chi connectivity index (χ3n) is 2.71. The Morgan fingerprint density at radius 3 is 2.86 bits per heavy atom. The predicted molar refractivity (Wildman–Crippen MR) is 53.6 cm³/mol. The van der Waals surface area contributed by atoms with Crippen molar-refractivity contribution in [3.63, 3.8) is 0 Å². The van der Waals surface area contributed by atoms with Crippen LogP contribution in [-0.4, -0.2) is 37.7 Å². The van der Waals surface area contributed by atoms with E-state index in [4.69, 9.17) is 16.2 Å². The number of carbonyl (C=O) groups is 1. The van der Waals surface area contributed by atoms with E-state index in [9.17, 15) is 4.79 Å². The zero-order valence-corrected chi connectivity index (χ0v) is 8.53. The van der Waals surface area contributed by atoms with Gasteiger partial charge >= 0.3 is 0 Å². The fourth-order valence-corrected chi connectivity index (χ4v) is 1.73. The number of primary amides is 1. The SMILES string of the molecule is COC1CCC(NCC(N)C(N)=O)C1. The van der Waals surface area contributed by atoms with Gasteiger partial charge in [0, 0.05) is 19.7 Å². The Balaban J connectivity index is 2.17. The molecule has 1 saturated carbocycles. The highest BCUT2D eigenvalue weighted by molar-refractivity contribution is 5.79. The molecule has 0 bridgehead atoms. The molecular weight excluding hydrogens is 182 g/mol. The van der Waals surface area contributed by atoms with Crippen LogP contribution >= 0.6 is 0 Å². The van der Waals surface area contributed by atoms with Crippen molar-refractivity contribution in [3.05, 3.63) is 0 Å². The van der Waals surface area contributed by atoms with Gasteiger partial charge in [-0.25, -0.2) is 0 Å². The maximum absolute atomic E-state index is 10.7. The number of nitrogens with two attached hydrogens (primary N) is 2. The third-order valence-corrected chi connectivity index (χ3v) is 2.71. The Morgan fingerprint density at radius 2 is 2.36 bits per heavy atom. The van der Waals surface area contributed by atoms with E-state index in [0.29, 0.717) is 18.7 Å². The van der Waals surface area contributed by atoms with Gasteiger partial charge in [-0.2, -0.15) is 0 Å². The molecule has 0 radical (unpaired) electrons. The summed E-state index contributed by atoms with van der Waals surface area (Å²) in [5.41, 5.74) is 10.5. The molecule has 0 heterocycles.